The number of rotatable bonds is 7. The predicted molar refractivity (Wildman–Crippen MR) is 143 cm³/mol. The summed E-state index contributed by atoms with van der Waals surface area (Å²) < 4.78 is 32.7. The first-order valence-electron chi connectivity index (χ1n) is 9.92. The van der Waals surface area contributed by atoms with Crippen molar-refractivity contribution in [2.24, 2.45) is 0 Å². The molecule has 0 fully saturated rings. The number of ether oxygens (including phenoxy) is 1. The molecular weight excluding hydrogens is 537 g/mol. The molecule has 12 heteroatoms. The van der Waals surface area contributed by atoms with Crippen molar-refractivity contribution in [2.45, 2.75) is 25.2 Å². The molecule has 7 nitrogen and oxygen atoms in total. The van der Waals surface area contributed by atoms with Crippen LogP contribution in [0.4, 0.5) is 16.4 Å². The van der Waals surface area contributed by atoms with E-state index >= 15 is 0 Å². The summed E-state index contributed by atoms with van der Waals surface area (Å²) >= 11 is 18.6. The number of nitrogens with one attached hydrogen (secondary N) is 3. The van der Waals surface area contributed by atoms with Gasteiger partial charge in [-0.1, -0.05) is 30.1 Å². The van der Waals surface area contributed by atoms with E-state index in [-0.39, 0.29) is 15.0 Å². The molecule has 0 aliphatic heterocycles. The van der Waals surface area contributed by atoms with Gasteiger partial charge in [0.2, 0.25) is 0 Å². The molecule has 3 rings (SSSR count). The third-order valence-electron chi connectivity index (χ3n) is 4.77. The highest BCUT2D eigenvalue weighted by Crippen LogP contribution is 2.34. The van der Waals surface area contributed by atoms with Crippen LogP contribution >= 0.6 is 46.8 Å². The summed E-state index contributed by atoms with van der Waals surface area (Å²) in [5.74, 6) is -0.435. The molecular formula is C22H21Cl2N3O4S3. The largest absolute Gasteiger partial charge is 0.465 e. The SMILES string of the molecule is CCc1c(C)sc(NC(=S)Nc2ccc(S(=O)(=O)Nc3ccc(Cl)c(Cl)c3)cc2)c1C(=O)OC. The fraction of sp³-hybridized carbons (Fsp3) is 0.182. The molecule has 34 heavy (non-hydrogen) atoms. The predicted octanol–water partition coefficient (Wildman–Crippen LogP) is 6.32. The second kappa shape index (κ2) is 10.9. The number of carbonyl (C=O) groups excluding carboxylic acids is 1. The number of aryl methyl sites for hydroxylation is 1. The van der Waals surface area contributed by atoms with Gasteiger partial charge >= 0.3 is 5.97 Å². The lowest BCUT2D eigenvalue weighted by atomic mass is 10.1. The van der Waals surface area contributed by atoms with E-state index in [9.17, 15) is 13.2 Å². The molecule has 0 spiro atoms. The molecule has 0 aliphatic rings. The number of hydrogen-bond acceptors (Lipinski definition) is 6. The van der Waals surface area contributed by atoms with E-state index in [1.807, 2.05) is 13.8 Å². The van der Waals surface area contributed by atoms with Gasteiger partial charge in [0, 0.05) is 10.6 Å². The van der Waals surface area contributed by atoms with Crippen LogP contribution in [0.2, 0.25) is 10.0 Å². The Morgan fingerprint density at radius 3 is 2.29 bits per heavy atom. The quantitative estimate of drug-likeness (QED) is 0.231. The first kappa shape index (κ1) is 26.2. The van der Waals surface area contributed by atoms with Crippen molar-refractivity contribution in [1.82, 2.24) is 0 Å². The summed E-state index contributed by atoms with van der Waals surface area (Å²) in [6.07, 6.45) is 0.681. The van der Waals surface area contributed by atoms with Crippen LogP contribution in [0.25, 0.3) is 0 Å². The fourth-order valence-corrected chi connectivity index (χ4v) is 5.94. The van der Waals surface area contributed by atoms with Gasteiger partial charge in [0.05, 0.1) is 33.3 Å². The van der Waals surface area contributed by atoms with Crippen molar-refractivity contribution in [2.75, 3.05) is 22.5 Å². The maximum atomic E-state index is 12.7. The lowest BCUT2D eigenvalue weighted by Gasteiger charge is -2.12. The number of esters is 1. The summed E-state index contributed by atoms with van der Waals surface area (Å²) in [6, 6.07) is 10.5. The monoisotopic (exact) mass is 557 g/mol. The molecule has 0 amide bonds. The number of anilines is 3. The van der Waals surface area contributed by atoms with E-state index in [0.29, 0.717) is 33.4 Å². The Labute approximate surface area is 217 Å². The van der Waals surface area contributed by atoms with Crippen LogP contribution in [0.3, 0.4) is 0 Å². The van der Waals surface area contributed by atoms with Gasteiger partial charge in [0.25, 0.3) is 10.0 Å². The summed E-state index contributed by atoms with van der Waals surface area (Å²) in [6.45, 7) is 3.90. The normalized spacial score (nSPS) is 11.1. The number of halogens is 2. The van der Waals surface area contributed by atoms with Crippen LogP contribution in [0, 0.1) is 6.92 Å². The fourth-order valence-electron chi connectivity index (χ4n) is 3.17. The zero-order valence-corrected chi connectivity index (χ0v) is 22.3. The minimum Gasteiger partial charge on any atom is -0.465 e. The Hall–Kier alpha value is -2.37. The van der Waals surface area contributed by atoms with Gasteiger partial charge in [-0.05, 0) is 73.6 Å². The zero-order chi connectivity index (χ0) is 25.0. The number of carbonyl (C=O) groups is 1. The Bertz CT molecular complexity index is 1340. The zero-order valence-electron chi connectivity index (χ0n) is 18.4. The minimum absolute atomic E-state index is 0.0532. The molecule has 0 radical (unpaired) electrons. The van der Waals surface area contributed by atoms with Crippen LogP contribution in [0.5, 0.6) is 0 Å². The summed E-state index contributed by atoms with van der Waals surface area (Å²) in [5, 5.41) is 7.43. The Balaban J connectivity index is 1.72. The molecule has 0 bridgehead atoms. The van der Waals surface area contributed by atoms with E-state index in [1.165, 1.54) is 48.8 Å². The maximum Gasteiger partial charge on any atom is 0.341 e. The van der Waals surface area contributed by atoms with E-state index in [1.54, 1.807) is 12.1 Å². The number of methoxy groups -OCH3 is 1. The Morgan fingerprint density at radius 2 is 1.71 bits per heavy atom. The third kappa shape index (κ3) is 6.00. The lowest BCUT2D eigenvalue weighted by Crippen LogP contribution is -2.20. The number of sulfonamides is 1. The van der Waals surface area contributed by atoms with Crippen LogP contribution in [0.15, 0.2) is 47.4 Å². The Kier molecular flexibility index (Phi) is 8.43. The molecule has 0 saturated heterocycles. The molecule has 1 heterocycles. The van der Waals surface area contributed by atoms with Crippen LogP contribution in [-0.4, -0.2) is 26.6 Å². The molecule has 0 aliphatic carbocycles. The summed E-state index contributed by atoms with van der Waals surface area (Å²) in [5.41, 5.74) is 2.23. The van der Waals surface area contributed by atoms with Crippen LogP contribution in [-0.2, 0) is 21.2 Å². The molecule has 0 unspecified atom stereocenters. The van der Waals surface area contributed by atoms with Crippen molar-refractivity contribution in [3.8, 4) is 0 Å². The highest BCUT2D eigenvalue weighted by molar-refractivity contribution is 7.92. The van der Waals surface area contributed by atoms with Crippen molar-refractivity contribution in [3.05, 3.63) is 68.5 Å². The third-order valence-corrected chi connectivity index (χ3v) is 8.18. The van der Waals surface area contributed by atoms with Gasteiger partial charge in [0.15, 0.2) is 5.11 Å². The van der Waals surface area contributed by atoms with E-state index < -0.39 is 16.0 Å². The second-order valence-corrected chi connectivity index (χ2v) is 11.2. The first-order chi connectivity index (χ1) is 16.1. The van der Waals surface area contributed by atoms with Gasteiger partial charge < -0.3 is 15.4 Å². The van der Waals surface area contributed by atoms with Gasteiger partial charge in [-0.15, -0.1) is 11.3 Å². The minimum atomic E-state index is -3.84. The average Bonchev–Trinajstić information content (AvgIpc) is 3.10. The highest BCUT2D eigenvalue weighted by atomic mass is 35.5. The molecule has 2 aromatic carbocycles. The van der Waals surface area contributed by atoms with Crippen molar-refractivity contribution >= 4 is 84.2 Å². The first-order valence-corrected chi connectivity index (χ1v) is 13.4. The van der Waals surface area contributed by atoms with Gasteiger partial charge in [0.1, 0.15) is 5.00 Å². The molecule has 0 atom stereocenters. The lowest BCUT2D eigenvalue weighted by molar-refractivity contribution is 0.0601. The summed E-state index contributed by atoms with van der Waals surface area (Å²) in [4.78, 5) is 13.3. The van der Waals surface area contributed by atoms with E-state index in [4.69, 9.17) is 40.2 Å². The highest BCUT2D eigenvalue weighted by Gasteiger charge is 2.22. The summed E-state index contributed by atoms with van der Waals surface area (Å²) in [7, 11) is -2.50. The number of hydrogen-bond donors (Lipinski definition) is 3. The van der Waals surface area contributed by atoms with Crippen LogP contribution in [0.1, 0.15) is 27.7 Å². The smallest absolute Gasteiger partial charge is 0.341 e. The second-order valence-electron chi connectivity index (χ2n) is 7.02. The molecule has 180 valence electrons. The van der Waals surface area contributed by atoms with E-state index in [0.717, 1.165) is 10.4 Å². The number of thiophene rings is 1. The van der Waals surface area contributed by atoms with E-state index in [2.05, 4.69) is 15.4 Å². The topological polar surface area (TPSA) is 96.5 Å². The number of thiocarbonyl (C=S) groups is 1. The molecule has 3 aromatic rings. The van der Waals surface area contributed by atoms with Crippen molar-refractivity contribution in [3.63, 3.8) is 0 Å². The standard InChI is InChI=1S/C22H21Cl2N3O4S3/c1-4-16-12(2)33-20(19(16)21(28)31-3)26-22(32)25-13-5-8-15(9-6-13)34(29,30)27-14-7-10-17(23)18(24)11-14/h5-11,27H,4H2,1-3H3,(H2,25,26,32). The number of benzene rings is 2. The maximum absolute atomic E-state index is 12.7. The van der Waals surface area contributed by atoms with Gasteiger partial charge in [-0.3, -0.25) is 4.72 Å². The molecule has 0 saturated carbocycles. The van der Waals surface area contributed by atoms with Crippen molar-refractivity contribution in [1.29, 1.82) is 0 Å². The van der Waals surface area contributed by atoms with Gasteiger partial charge in [-0.2, -0.15) is 0 Å². The average molecular weight is 559 g/mol. The van der Waals surface area contributed by atoms with Crippen molar-refractivity contribution < 1.29 is 17.9 Å². The van der Waals surface area contributed by atoms with Gasteiger partial charge in [-0.25, -0.2) is 13.2 Å². The molecule has 1 aromatic heterocycles. The molecule has 3 N–H and O–H groups in total. The van der Waals surface area contributed by atoms with Crippen LogP contribution < -0.4 is 15.4 Å². The Morgan fingerprint density at radius 1 is 1.06 bits per heavy atom.